The van der Waals surface area contributed by atoms with Crippen molar-refractivity contribution in [3.05, 3.63) is 118 Å². The number of ether oxygens (including phenoxy) is 3. The van der Waals surface area contributed by atoms with Crippen LogP contribution < -0.4 is 4.74 Å². The van der Waals surface area contributed by atoms with Crippen LogP contribution >= 0.6 is 11.8 Å². The van der Waals surface area contributed by atoms with Gasteiger partial charge < -0.3 is 24.0 Å². The van der Waals surface area contributed by atoms with Crippen LogP contribution in [0.15, 0.2) is 112 Å². The van der Waals surface area contributed by atoms with Crippen molar-refractivity contribution in [1.29, 1.82) is 0 Å². The molecular weight excluding hydrogens is 550 g/mol. The van der Waals surface area contributed by atoms with Crippen molar-refractivity contribution in [2.75, 3.05) is 26.3 Å². The van der Waals surface area contributed by atoms with Gasteiger partial charge in [-0.05, 0) is 47.7 Å². The van der Waals surface area contributed by atoms with Gasteiger partial charge in [0.15, 0.2) is 5.17 Å². The molecule has 0 bridgehead atoms. The largest absolute Gasteiger partial charge is 0.457 e. The molecule has 42 heavy (non-hydrogen) atoms. The van der Waals surface area contributed by atoms with Gasteiger partial charge in [-0.2, -0.15) is 0 Å². The van der Waals surface area contributed by atoms with Gasteiger partial charge in [-0.25, -0.2) is 9.79 Å². The fraction of sp³-hybridized carbons (Fsp3) is 0.242. The van der Waals surface area contributed by atoms with Gasteiger partial charge in [-0.1, -0.05) is 72.4 Å². The maximum absolute atomic E-state index is 13.8. The number of carbonyl (C=O) groups is 2. The molecule has 0 unspecified atom stereocenters. The second-order valence-electron chi connectivity index (χ2n) is 10.1. The monoisotopic (exact) mass is 581 g/mol. The summed E-state index contributed by atoms with van der Waals surface area (Å²) in [6.07, 6.45) is 0.189. The van der Waals surface area contributed by atoms with Gasteiger partial charge in [0.2, 0.25) is 5.91 Å². The Morgan fingerprint density at radius 2 is 1.67 bits per heavy atom. The van der Waals surface area contributed by atoms with E-state index in [1.165, 1.54) is 11.8 Å². The number of rotatable bonds is 8. The van der Waals surface area contributed by atoms with E-state index < -0.39 is 12.0 Å². The van der Waals surface area contributed by atoms with E-state index in [2.05, 4.69) is 0 Å². The molecule has 3 heterocycles. The molecule has 6 rings (SSSR count). The normalized spacial score (nSPS) is 18.3. The molecule has 1 amide bonds. The molecular formula is C33H31N3O5S. The lowest BCUT2D eigenvalue weighted by Crippen LogP contribution is -2.42. The molecule has 1 saturated heterocycles. The third kappa shape index (κ3) is 6.12. The minimum Gasteiger partial charge on any atom is -0.457 e. The highest BCUT2D eigenvalue weighted by Gasteiger charge is 2.41. The third-order valence-corrected chi connectivity index (χ3v) is 8.17. The molecule has 1 fully saturated rings. The lowest BCUT2D eigenvalue weighted by Gasteiger charge is -2.37. The number of thioether (sulfide) groups is 1. The predicted octanol–water partition coefficient (Wildman–Crippen LogP) is 6.05. The molecule has 0 spiro atoms. The number of para-hydroxylation sites is 1. The number of carbonyl (C=O) groups excluding carboxylic acids is 2. The first-order chi connectivity index (χ1) is 20.6. The summed E-state index contributed by atoms with van der Waals surface area (Å²) in [5.41, 5.74) is 3.52. The van der Waals surface area contributed by atoms with Crippen LogP contribution in [0.5, 0.6) is 11.5 Å². The maximum atomic E-state index is 13.8. The summed E-state index contributed by atoms with van der Waals surface area (Å²) in [5.74, 6) is 0.919. The summed E-state index contributed by atoms with van der Waals surface area (Å²) < 4.78 is 17.4. The summed E-state index contributed by atoms with van der Waals surface area (Å²) >= 11 is 1.46. The Morgan fingerprint density at radius 1 is 0.952 bits per heavy atom. The van der Waals surface area contributed by atoms with E-state index in [1.807, 2.05) is 107 Å². The molecule has 214 valence electrons. The van der Waals surface area contributed by atoms with Crippen LogP contribution in [-0.2, 0) is 25.7 Å². The molecule has 0 saturated carbocycles. The Labute approximate surface area is 249 Å². The number of allylic oxidation sites excluding steroid dienone is 1. The zero-order valence-electron chi connectivity index (χ0n) is 23.3. The lowest BCUT2D eigenvalue weighted by molar-refractivity contribution is -0.141. The summed E-state index contributed by atoms with van der Waals surface area (Å²) in [5, 5.41) is 2.68. The molecule has 3 aromatic rings. The Balaban J connectivity index is 1.33. The number of hydrogen-bond acceptors (Lipinski definition) is 8. The van der Waals surface area contributed by atoms with E-state index in [4.69, 9.17) is 19.2 Å². The van der Waals surface area contributed by atoms with E-state index >= 15 is 0 Å². The number of benzene rings is 3. The van der Waals surface area contributed by atoms with Gasteiger partial charge in [0.1, 0.15) is 18.1 Å². The van der Waals surface area contributed by atoms with Gasteiger partial charge in [0, 0.05) is 18.8 Å². The van der Waals surface area contributed by atoms with E-state index in [9.17, 15) is 9.59 Å². The van der Waals surface area contributed by atoms with Crippen molar-refractivity contribution in [2.24, 2.45) is 4.99 Å². The SMILES string of the molecule is CC1=C(C(=O)OCc2ccccc2)[C@H](c2cccc(Oc3ccccc3)c2)N2C(CC(=O)N3CCOCC3)=CSC2=N1. The van der Waals surface area contributed by atoms with Crippen LogP contribution in [0.4, 0.5) is 0 Å². The second-order valence-corrected chi connectivity index (χ2v) is 10.9. The first-order valence-electron chi connectivity index (χ1n) is 13.9. The molecule has 0 N–H and O–H groups in total. The minimum atomic E-state index is -0.557. The number of morpholine rings is 1. The highest BCUT2D eigenvalue weighted by atomic mass is 32.2. The highest BCUT2D eigenvalue weighted by Crippen LogP contribution is 2.45. The number of amidine groups is 1. The van der Waals surface area contributed by atoms with Gasteiger partial charge in [0.25, 0.3) is 0 Å². The molecule has 9 heteroatoms. The van der Waals surface area contributed by atoms with Gasteiger partial charge in [-0.3, -0.25) is 4.79 Å². The van der Waals surface area contributed by atoms with E-state index in [0.29, 0.717) is 49.1 Å². The predicted molar refractivity (Wildman–Crippen MR) is 162 cm³/mol. The van der Waals surface area contributed by atoms with Crippen LogP contribution in [0.3, 0.4) is 0 Å². The molecule has 3 aromatic carbocycles. The Morgan fingerprint density at radius 3 is 2.43 bits per heavy atom. The number of hydrogen-bond donors (Lipinski definition) is 0. The molecule has 0 aliphatic carbocycles. The Hall–Kier alpha value is -4.34. The number of nitrogens with zero attached hydrogens (tertiary/aromatic N) is 3. The van der Waals surface area contributed by atoms with Crippen LogP contribution in [0.2, 0.25) is 0 Å². The number of aliphatic imine (C=N–C) groups is 1. The van der Waals surface area contributed by atoms with Crippen molar-refractivity contribution >= 4 is 28.8 Å². The Bertz CT molecular complexity index is 1550. The lowest BCUT2D eigenvalue weighted by atomic mass is 9.93. The number of fused-ring (bicyclic) bond motifs is 1. The molecule has 3 aliphatic rings. The zero-order valence-corrected chi connectivity index (χ0v) is 24.1. The fourth-order valence-electron chi connectivity index (χ4n) is 5.20. The van der Waals surface area contributed by atoms with Crippen molar-refractivity contribution in [1.82, 2.24) is 9.80 Å². The van der Waals surface area contributed by atoms with Crippen LogP contribution in [0.1, 0.15) is 30.5 Å². The molecule has 3 aliphatic heterocycles. The standard InChI is InChI=1S/C33H31N3O5S/c1-23-30(32(38)40-21-24-9-4-2-5-10-24)31(25-11-8-14-28(19-25)41-27-12-6-3-7-13-27)36-26(22-42-33(36)34-23)20-29(37)35-15-17-39-18-16-35/h2-14,19,22,31H,15-18,20-21H2,1H3/t31-/m0/s1. The molecule has 0 radical (unpaired) electrons. The van der Waals surface area contributed by atoms with Crippen LogP contribution in [-0.4, -0.2) is 53.1 Å². The molecule has 8 nitrogen and oxygen atoms in total. The van der Waals surface area contributed by atoms with Crippen molar-refractivity contribution in [2.45, 2.75) is 26.0 Å². The van der Waals surface area contributed by atoms with Crippen molar-refractivity contribution in [3.63, 3.8) is 0 Å². The minimum absolute atomic E-state index is 0.0193. The van der Waals surface area contributed by atoms with Crippen molar-refractivity contribution < 1.29 is 23.8 Å². The highest BCUT2D eigenvalue weighted by molar-refractivity contribution is 8.16. The van der Waals surface area contributed by atoms with E-state index in [1.54, 1.807) is 0 Å². The molecule has 1 atom stereocenters. The second kappa shape index (κ2) is 12.7. The summed E-state index contributed by atoms with van der Waals surface area (Å²) in [6, 6.07) is 26.3. The average Bonchev–Trinajstić information content (AvgIpc) is 3.42. The summed E-state index contributed by atoms with van der Waals surface area (Å²) in [7, 11) is 0. The topological polar surface area (TPSA) is 80.7 Å². The number of amides is 1. The average molecular weight is 582 g/mol. The quantitative estimate of drug-likeness (QED) is 0.300. The van der Waals surface area contributed by atoms with Crippen molar-refractivity contribution in [3.8, 4) is 11.5 Å². The first kappa shape index (κ1) is 27.8. The number of esters is 1. The van der Waals surface area contributed by atoms with E-state index in [-0.39, 0.29) is 18.9 Å². The van der Waals surface area contributed by atoms with Gasteiger partial charge in [-0.15, -0.1) is 0 Å². The molecule has 0 aromatic heterocycles. The van der Waals surface area contributed by atoms with Crippen LogP contribution in [0.25, 0.3) is 0 Å². The zero-order chi connectivity index (χ0) is 28.9. The Kier molecular flexibility index (Phi) is 8.39. The van der Waals surface area contributed by atoms with Gasteiger partial charge >= 0.3 is 5.97 Å². The first-order valence-corrected chi connectivity index (χ1v) is 14.8. The van der Waals surface area contributed by atoms with Crippen LogP contribution in [0, 0.1) is 0 Å². The maximum Gasteiger partial charge on any atom is 0.338 e. The summed E-state index contributed by atoms with van der Waals surface area (Å²) in [4.78, 5) is 35.7. The summed E-state index contributed by atoms with van der Waals surface area (Å²) in [6.45, 7) is 4.18. The smallest absolute Gasteiger partial charge is 0.338 e. The van der Waals surface area contributed by atoms with E-state index in [0.717, 1.165) is 22.0 Å². The fourth-order valence-corrected chi connectivity index (χ4v) is 6.16. The third-order valence-electron chi connectivity index (χ3n) is 7.28. The van der Waals surface area contributed by atoms with Gasteiger partial charge in [0.05, 0.1) is 36.9 Å².